The Morgan fingerprint density at radius 3 is 3.20 bits per heavy atom. The normalized spacial score (nSPS) is 11.2. The second-order valence-corrected chi connectivity index (χ2v) is 5.53. The van der Waals surface area contributed by atoms with Crippen LogP contribution in [0.15, 0.2) is 21.5 Å². The van der Waals surface area contributed by atoms with Crippen molar-refractivity contribution in [1.29, 1.82) is 0 Å². The van der Waals surface area contributed by atoms with E-state index in [1.165, 1.54) is 33.7 Å². The zero-order valence-corrected chi connectivity index (χ0v) is 11.8. The fourth-order valence-electron chi connectivity index (χ4n) is 1.58. The number of nitrogens with two attached hydrogens (primary N) is 1. The summed E-state index contributed by atoms with van der Waals surface area (Å²) in [5, 5.41) is 15.9. The molecular formula is C9H10N8OS2. The summed E-state index contributed by atoms with van der Waals surface area (Å²) < 4.78 is 2.90. The summed E-state index contributed by atoms with van der Waals surface area (Å²) in [5.41, 5.74) is 7.55. The lowest BCUT2D eigenvalue weighted by atomic mass is 10.4. The maximum Gasteiger partial charge on any atom is 0.275 e. The van der Waals surface area contributed by atoms with E-state index < -0.39 is 0 Å². The predicted molar refractivity (Wildman–Crippen MR) is 73.6 cm³/mol. The molecule has 3 aromatic heterocycles. The van der Waals surface area contributed by atoms with Crippen LogP contribution in [0.3, 0.4) is 0 Å². The van der Waals surface area contributed by atoms with E-state index in [2.05, 4.69) is 25.6 Å². The van der Waals surface area contributed by atoms with Crippen LogP contribution in [0.2, 0.25) is 0 Å². The number of tetrazole rings is 1. The number of thioether (sulfide) groups is 1. The molecule has 0 aliphatic heterocycles. The monoisotopic (exact) mass is 310 g/mol. The lowest BCUT2D eigenvalue weighted by Crippen LogP contribution is -2.15. The minimum atomic E-state index is -0.187. The summed E-state index contributed by atoms with van der Waals surface area (Å²) in [5.74, 6) is 0.509. The molecule has 3 aromatic rings. The number of fused-ring (bicyclic) bond motifs is 1. The van der Waals surface area contributed by atoms with E-state index in [9.17, 15) is 4.79 Å². The average molecular weight is 310 g/mol. The molecule has 0 unspecified atom stereocenters. The van der Waals surface area contributed by atoms with Crippen LogP contribution in [0, 0.1) is 0 Å². The van der Waals surface area contributed by atoms with E-state index in [1.54, 1.807) is 10.2 Å². The molecule has 9 nitrogen and oxygen atoms in total. The molecule has 0 radical (unpaired) electrons. The number of hydrogen-bond acceptors (Lipinski definition) is 9. The fourth-order valence-corrected chi connectivity index (χ4v) is 3.01. The van der Waals surface area contributed by atoms with Crippen molar-refractivity contribution >= 4 is 28.1 Å². The largest absolute Gasteiger partial charge is 0.329 e. The minimum absolute atomic E-state index is 0.187. The van der Waals surface area contributed by atoms with E-state index >= 15 is 0 Å². The third-order valence-electron chi connectivity index (χ3n) is 2.43. The SMILES string of the molecule is NCCn1nnnc1SCc1cc(=O)n2ncsc2n1. The summed E-state index contributed by atoms with van der Waals surface area (Å²) >= 11 is 2.73. The highest BCUT2D eigenvalue weighted by Gasteiger charge is 2.09. The van der Waals surface area contributed by atoms with Crippen LogP contribution in [0.4, 0.5) is 0 Å². The van der Waals surface area contributed by atoms with Gasteiger partial charge in [0.15, 0.2) is 0 Å². The molecule has 0 aliphatic rings. The van der Waals surface area contributed by atoms with Gasteiger partial charge >= 0.3 is 0 Å². The Hall–Kier alpha value is -1.85. The fraction of sp³-hybridized carbons (Fsp3) is 0.333. The molecule has 0 atom stereocenters. The van der Waals surface area contributed by atoms with Crippen LogP contribution < -0.4 is 11.3 Å². The maximum absolute atomic E-state index is 11.8. The average Bonchev–Trinajstić information content (AvgIpc) is 3.06. The van der Waals surface area contributed by atoms with Gasteiger partial charge in [-0.2, -0.15) is 9.61 Å². The zero-order valence-electron chi connectivity index (χ0n) is 10.2. The molecule has 0 fully saturated rings. The first-order valence-electron chi connectivity index (χ1n) is 5.69. The molecule has 3 rings (SSSR count). The van der Waals surface area contributed by atoms with Crippen molar-refractivity contribution < 1.29 is 0 Å². The standard InChI is InChI=1S/C9H10N8OS2/c10-1-2-16-9(13-14-15-16)19-4-6-3-7(18)17-8(12-6)20-5-11-17/h3,5H,1-2,4,10H2. The van der Waals surface area contributed by atoms with Gasteiger partial charge in [-0.15, -0.1) is 5.10 Å². The van der Waals surface area contributed by atoms with E-state index in [-0.39, 0.29) is 5.56 Å². The lowest BCUT2D eigenvalue weighted by molar-refractivity contribution is 0.557. The third kappa shape index (κ3) is 2.55. The number of nitrogens with zero attached hydrogens (tertiary/aromatic N) is 7. The number of aromatic nitrogens is 7. The molecule has 0 bridgehead atoms. The first kappa shape index (κ1) is 13.1. The summed E-state index contributed by atoms with van der Waals surface area (Å²) in [6, 6.07) is 1.47. The van der Waals surface area contributed by atoms with E-state index in [1.807, 2.05) is 0 Å². The molecule has 20 heavy (non-hydrogen) atoms. The second kappa shape index (κ2) is 5.64. The van der Waals surface area contributed by atoms with Gasteiger partial charge in [0.1, 0.15) is 5.51 Å². The van der Waals surface area contributed by atoms with Crippen LogP contribution in [-0.4, -0.2) is 41.4 Å². The van der Waals surface area contributed by atoms with Gasteiger partial charge in [-0.3, -0.25) is 4.79 Å². The number of hydrogen-bond donors (Lipinski definition) is 1. The highest BCUT2D eigenvalue weighted by atomic mass is 32.2. The van der Waals surface area contributed by atoms with Gasteiger partial charge in [0.2, 0.25) is 10.1 Å². The molecule has 2 N–H and O–H groups in total. The topological polar surface area (TPSA) is 117 Å². The molecular weight excluding hydrogens is 300 g/mol. The smallest absolute Gasteiger partial charge is 0.275 e. The van der Waals surface area contributed by atoms with Gasteiger partial charge in [0, 0.05) is 18.4 Å². The van der Waals surface area contributed by atoms with Gasteiger partial charge in [0.25, 0.3) is 5.56 Å². The van der Waals surface area contributed by atoms with Gasteiger partial charge in [-0.05, 0) is 10.4 Å². The van der Waals surface area contributed by atoms with Crippen molar-refractivity contribution in [2.45, 2.75) is 17.5 Å². The number of rotatable bonds is 5. The Kier molecular flexibility index (Phi) is 3.71. The van der Waals surface area contributed by atoms with Crippen molar-refractivity contribution in [2.24, 2.45) is 5.73 Å². The molecule has 104 valence electrons. The second-order valence-electron chi connectivity index (χ2n) is 3.78. The Labute approximate surface area is 120 Å². The quantitative estimate of drug-likeness (QED) is 0.620. The Bertz CT molecular complexity index is 777. The Morgan fingerprint density at radius 2 is 2.35 bits per heavy atom. The molecule has 0 amide bonds. The van der Waals surface area contributed by atoms with Crippen LogP contribution >= 0.6 is 23.1 Å². The van der Waals surface area contributed by atoms with E-state index in [0.29, 0.717) is 34.7 Å². The summed E-state index contributed by atoms with van der Waals surface area (Å²) in [7, 11) is 0. The van der Waals surface area contributed by atoms with Crippen molar-refractivity contribution in [2.75, 3.05) is 6.54 Å². The zero-order chi connectivity index (χ0) is 13.9. The van der Waals surface area contributed by atoms with Crippen molar-refractivity contribution in [3.05, 3.63) is 27.6 Å². The molecule has 0 saturated heterocycles. The molecule has 3 heterocycles. The summed E-state index contributed by atoms with van der Waals surface area (Å²) in [6.45, 7) is 1.02. The molecule has 11 heteroatoms. The van der Waals surface area contributed by atoms with Gasteiger partial charge in [0.05, 0.1) is 12.2 Å². The highest BCUT2D eigenvalue weighted by molar-refractivity contribution is 7.98. The Morgan fingerprint density at radius 1 is 1.45 bits per heavy atom. The molecule has 0 saturated carbocycles. The van der Waals surface area contributed by atoms with Crippen LogP contribution in [0.25, 0.3) is 4.96 Å². The maximum atomic E-state index is 11.8. The van der Waals surface area contributed by atoms with Crippen LogP contribution in [0.1, 0.15) is 5.69 Å². The molecule has 0 spiro atoms. The van der Waals surface area contributed by atoms with Crippen LogP contribution in [0.5, 0.6) is 0 Å². The summed E-state index contributed by atoms with van der Waals surface area (Å²) in [4.78, 5) is 16.7. The molecule has 0 aromatic carbocycles. The first-order chi connectivity index (χ1) is 9.78. The van der Waals surface area contributed by atoms with Crippen molar-refractivity contribution in [1.82, 2.24) is 34.8 Å². The Balaban J connectivity index is 1.79. The van der Waals surface area contributed by atoms with Crippen molar-refractivity contribution in [3.8, 4) is 0 Å². The molecule has 0 aliphatic carbocycles. The predicted octanol–water partition coefficient (Wildman–Crippen LogP) is -0.612. The van der Waals surface area contributed by atoms with Gasteiger partial charge in [-0.25, -0.2) is 9.67 Å². The highest BCUT2D eigenvalue weighted by Crippen LogP contribution is 2.18. The summed E-state index contributed by atoms with van der Waals surface area (Å²) in [6.07, 6.45) is 0. The minimum Gasteiger partial charge on any atom is -0.329 e. The van der Waals surface area contributed by atoms with E-state index in [0.717, 1.165) is 0 Å². The first-order valence-corrected chi connectivity index (χ1v) is 7.56. The van der Waals surface area contributed by atoms with Gasteiger partial charge in [-0.1, -0.05) is 23.1 Å². The van der Waals surface area contributed by atoms with Crippen molar-refractivity contribution in [3.63, 3.8) is 0 Å². The lowest BCUT2D eigenvalue weighted by Gasteiger charge is -2.02. The van der Waals surface area contributed by atoms with E-state index in [4.69, 9.17) is 5.73 Å². The van der Waals surface area contributed by atoms with Gasteiger partial charge < -0.3 is 5.73 Å². The third-order valence-corrected chi connectivity index (χ3v) is 4.09. The van der Waals surface area contributed by atoms with Crippen LogP contribution in [-0.2, 0) is 12.3 Å².